The van der Waals surface area contributed by atoms with Gasteiger partial charge in [0.15, 0.2) is 11.2 Å². The second kappa shape index (κ2) is 10.4. The predicted octanol–water partition coefficient (Wildman–Crippen LogP) is 2.44. The van der Waals surface area contributed by atoms with Crippen LogP contribution in [0.25, 0.3) is 11.2 Å². The molecule has 16 nitrogen and oxygen atoms in total. The number of anilines is 1. The van der Waals surface area contributed by atoms with Gasteiger partial charge in [-0.25, -0.2) is 14.6 Å². The normalized spacial score (nSPS) is 15.6. The first-order valence-electron chi connectivity index (χ1n) is 11.9. The second-order valence-electron chi connectivity index (χ2n) is 11.2. The van der Waals surface area contributed by atoms with Crippen molar-refractivity contribution < 1.29 is 52.7 Å². The first kappa shape index (κ1) is 30.3. The van der Waals surface area contributed by atoms with E-state index in [1.165, 1.54) is 10.9 Å². The van der Waals surface area contributed by atoms with Gasteiger partial charge < -0.3 is 48.9 Å². The molecule has 2 aromatic rings. The summed E-state index contributed by atoms with van der Waals surface area (Å²) in [5.41, 5.74) is 2.72. The van der Waals surface area contributed by atoms with Gasteiger partial charge in [0.1, 0.15) is 24.4 Å². The van der Waals surface area contributed by atoms with Crippen LogP contribution < -0.4 is 5.73 Å². The number of carbonyl (C=O) groups excluding carboxylic acids is 2. The third-order valence-electron chi connectivity index (χ3n) is 5.28. The molecule has 1 aliphatic rings. The van der Waals surface area contributed by atoms with E-state index < -0.39 is 61.1 Å². The second-order valence-corrected chi connectivity index (χ2v) is 13.1. The Kier molecular flexibility index (Phi) is 8.10. The van der Waals surface area contributed by atoms with Gasteiger partial charge in [-0.3, -0.25) is 4.57 Å². The van der Waals surface area contributed by atoms with Crippen molar-refractivity contribution in [2.24, 2.45) is 0 Å². The maximum Gasteiger partial charge on any atom is 0.508 e. The Morgan fingerprint density at radius 3 is 1.97 bits per heavy atom. The molecule has 0 atom stereocenters. The Morgan fingerprint density at radius 1 is 1.03 bits per heavy atom. The molecular formula is C22H34N5O11P. The summed E-state index contributed by atoms with van der Waals surface area (Å²) in [5.74, 6) is -0.656. The minimum absolute atomic E-state index is 0.0416. The standard InChI is InChI=1S/C22H34N5O11P/c1-19(2,3)36-17(29)34-10-22(39(31,32)33,11-35-18(30)37-20(4,5)6)38-21(7-8-21)9-27-12-24-13-14(27)25-16(23)26-15(13)28/h12H,7-11H2,1-6H3,(H2,31,32,33)(H3,23,25,26,28). The van der Waals surface area contributed by atoms with Gasteiger partial charge in [0.25, 0.3) is 0 Å². The van der Waals surface area contributed by atoms with Crippen LogP contribution in [0, 0.1) is 0 Å². The molecule has 1 saturated carbocycles. The molecule has 0 radical (unpaired) electrons. The van der Waals surface area contributed by atoms with Gasteiger partial charge in [-0.1, -0.05) is 0 Å². The Balaban J connectivity index is 1.92. The quantitative estimate of drug-likeness (QED) is 0.249. The van der Waals surface area contributed by atoms with Gasteiger partial charge in [-0.05, 0) is 54.4 Å². The van der Waals surface area contributed by atoms with Crippen LogP contribution in [0.1, 0.15) is 54.4 Å². The molecule has 0 aliphatic heterocycles. The number of rotatable bonds is 9. The lowest BCUT2D eigenvalue weighted by molar-refractivity contribution is -0.136. The van der Waals surface area contributed by atoms with E-state index in [0.717, 1.165) is 0 Å². The molecule has 1 fully saturated rings. The van der Waals surface area contributed by atoms with Crippen LogP contribution in [-0.2, 0) is 34.8 Å². The zero-order valence-electron chi connectivity index (χ0n) is 22.5. The maximum atomic E-state index is 12.9. The van der Waals surface area contributed by atoms with Crippen LogP contribution in [0.3, 0.4) is 0 Å². The summed E-state index contributed by atoms with van der Waals surface area (Å²) in [6.45, 7) is 7.40. The van der Waals surface area contributed by atoms with Crippen LogP contribution in [0.4, 0.5) is 15.5 Å². The number of imidazole rings is 1. The molecule has 0 bridgehead atoms. The van der Waals surface area contributed by atoms with E-state index in [1.807, 2.05) is 0 Å². The van der Waals surface area contributed by atoms with Crippen molar-refractivity contribution in [2.45, 2.75) is 83.1 Å². The lowest BCUT2D eigenvalue weighted by Crippen LogP contribution is -2.48. The van der Waals surface area contributed by atoms with Crippen LogP contribution in [0.15, 0.2) is 6.33 Å². The highest BCUT2D eigenvalue weighted by Gasteiger charge is 2.60. The maximum absolute atomic E-state index is 12.9. The molecule has 0 saturated heterocycles. The monoisotopic (exact) mass is 575 g/mol. The first-order valence-corrected chi connectivity index (χ1v) is 13.5. The molecule has 17 heteroatoms. The van der Waals surface area contributed by atoms with Crippen LogP contribution in [0.5, 0.6) is 5.88 Å². The Labute approximate surface area is 223 Å². The molecule has 0 aromatic carbocycles. The van der Waals surface area contributed by atoms with Gasteiger partial charge >= 0.3 is 19.9 Å². The number of nitrogens with two attached hydrogens (primary N) is 1. The first-order chi connectivity index (χ1) is 17.7. The number of carbonyl (C=O) groups is 2. The summed E-state index contributed by atoms with van der Waals surface area (Å²) in [4.78, 5) is 57.1. The van der Waals surface area contributed by atoms with E-state index in [9.17, 15) is 29.0 Å². The Bertz CT molecular complexity index is 1240. The molecule has 2 aromatic heterocycles. The number of nitrogens with zero attached hydrogens (tertiary/aromatic N) is 4. The van der Waals surface area contributed by atoms with Gasteiger partial charge in [-0.15, -0.1) is 0 Å². The summed E-state index contributed by atoms with van der Waals surface area (Å²) in [5, 5.41) is 7.39. The molecule has 39 heavy (non-hydrogen) atoms. The summed E-state index contributed by atoms with van der Waals surface area (Å²) in [6, 6.07) is 0. The van der Waals surface area contributed by atoms with E-state index in [1.54, 1.807) is 41.5 Å². The van der Waals surface area contributed by atoms with E-state index in [-0.39, 0.29) is 23.7 Å². The molecule has 0 amide bonds. The highest BCUT2D eigenvalue weighted by molar-refractivity contribution is 7.53. The summed E-state index contributed by atoms with van der Waals surface area (Å²) in [7, 11) is -5.33. The van der Waals surface area contributed by atoms with E-state index in [4.69, 9.17) is 29.4 Å². The number of ether oxygens (including phenoxy) is 5. The molecule has 3 rings (SSSR count). The highest BCUT2D eigenvalue weighted by atomic mass is 31.2. The van der Waals surface area contributed by atoms with Crippen molar-refractivity contribution in [3.63, 3.8) is 0 Å². The molecule has 0 spiro atoms. The zero-order valence-corrected chi connectivity index (χ0v) is 23.4. The Hall–Kier alpha value is -3.20. The van der Waals surface area contributed by atoms with Gasteiger partial charge in [0.05, 0.1) is 18.5 Å². The Morgan fingerprint density at radius 2 is 1.54 bits per heavy atom. The minimum atomic E-state index is -5.33. The van der Waals surface area contributed by atoms with Crippen molar-refractivity contribution >= 4 is 37.0 Å². The van der Waals surface area contributed by atoms with Gasteiger partial charge in [-0.2, -0.15) is 9.97 Å². The third-order valence-corrected chi connectivity index (χ3v) is 6.69. The third kappa shape index (κ3) is 7.91. The summed E-state index contributed by atoms with van der Waals surface area (Å²) < 4.78 is 40.6. The molecule has 0 unspecified atom stereocenters. The number of hydrogen-bond donors (Lipinski definition) is 4. The van der Waals surface area contributed by atoms with Gasteiger partial charge in [0.2, 0.25) is 17.2 Å². The van der Waals surface area contributed by atoms with Crippen molar-refractivity contribution in [3.05, 3.63) is 6.33 Å². The molecular weight excluding hydrogens is 541 g/mol. The van der Waals surface area contributed by atoms with E-state index in [0.29, 0.717) is 12.8 Å². The molecule has 1 aliphatic carbocycles. The van der Waals surface area contributed by atoms with Crippen LogP contribution in [0.2, 0.25) is 0 Å². The molecule has 2 heterocycles. The average Bonchev–Trinajstić information content (AvgIpc) is 3.37. The predicted molar refractivity (Wildman–Crippen MR) is 134 cm³/mol. The fraction of sp³-hybridized carbons (Fsp3) is 0.682. The molecule has 218 valence electrons. The number of nitrogen functional groups attached to an aromatic ring is 1. The fourth-order valence-corrected chi connectivity index (χ4v) is 4.22. The SMILES string of the molecule is CC(C)(C)OC(=O)OCC(COC(=O)OC(C)(C)C)(OC1(Cn2cnc3c(O)nc(N)nc32)CC1)P(=O)(O)O. The lowest BCUT2D eigenvalue weighted by atomic mass is 10.2. The summed E-state index contributed by atoms with van der Waals surface area (Å²) >= 11 is 0. The van der Waals surface area contributed by atoms with Gasteiger partial charge in [0, 0.05) is 0 Å². The number of aromatic hydroxyl groups is 1. The summed E-state index contributed by atoms with van der Waals surface area (Å²) in [6.07, 6.45) is -0.460. The highest BCUT2D eigenvalue weighted by Crippen LogP contribution is 2.57. The van der Waals surface area contributed by atoms with Crippen molar-refractivity contribution in [1.29, 1.82) is 0 Å². The van der Waals surface area contributed by atoms with Crippen LogP contribution in [-0.4, -0.2) is 82.1 Å². The number of fused-ring (bicyclic) bond motifs is 1. The topological polar surface area (TPSA) is 228 Å². The fourth-order valence-electron chi connectivity index (χ4n) is 3.44. The lowest BCUT2D eigenvalue weighted by Gasteiger charge is -2.36. The zero-order chi connectivity index (χ0) is 29.4. The van der Waals surface area contributed by atoms with Crippen molar-refractivity contribution in [2.75, 3.05) is 18.9 Å². The van der Waals surface area contributed by atoms with Crippen molar-refractivity contribution in [1.82, 2.24) is 19.5 Å². The molecule has 5 N–H and O–H groups in total. The van der Waals surface area contributed by atoms with Crippen LogP contribution >= 0.6 is 7.60 Å². The minimum Gasteiger partial charge on any atom is -0.492 e. The number of hydrogen-bond acceptors (Lipinski definition) is 13. The largest absolute Gasteiger partial charge is 0.508 e. The van der Waals surface area contributed by atoms with E-state index in [2.05, 4.69) is 15.0 Å². The number of aromatic nitrogens is 4. The van der Waals surface area contributed by atoms with E-state index >= 15 is 0 Å². The van der Waals surface area contributed by atoms with Crippen molar-refractivity contribution in [3.8, 4) is 5.88 Å². The average molecular weight is 576 g/mol. The smallest absolute Gasteiger partial charge is 0.492 e.